The maximum absolute atomic E-state index is 11.3. The molecule has 0 aliphatic carbocycles. The molecule has 0 bridgehead atoms. The highest BCUT2D eigenvalue weighted by atomic mass is 16.1. The molecule has 112 valence electrons. The number of hydrogen-bond acceptors (Lipinski definition) is 3. The Morgan fingerprint density at radius 1 is 1.32 bits per heavy atom. The summed E-state index contributed by atoms with van der Waals surface area (Å²) in [6.45, 7) is 10.7. The Labute approximate surface area is 117 Å². The minimum atomic E-state index is -0.900. The lowest BCUT2D eigenvalue weighted by atomic mass is 9.89. The van der Waals surface area contributed by atoms with Crippen LogP contribution in [-0.4, -0.2) is 35.5 Å². The minimum absolute atomic E-state index is 0.313. The van der Waals surface area contributed by atoms with Gasteiger partial charge in [-0.05, 0) is 64.5 Å². The molecule has 1 fully saturated rings. The Hall–Kier alpha value is -0.610. The van der Waals surface area contributed by atoms with E-state index < -0.39 is 11.4 Å². The molecule has 4 N–H and O–H groups in total. The fourth-order valence-electron chi connectivity index (χ4n) is 3.10. The first-order valence-electron chi connectivity index (χ1n) is 7.57. The quantitative estimate of drug-likeness (QED) is 0.798. The van der Waals surface area contributed by atoms with Crippen molar-refractivity contribution < 1.29 is 4.79 Å². The Bertz CT molecular complexity index is 302. The van der Waals surface area contributed by atoms with Crippen molar-refractivity contribution in [2.75, 3.05) is 13.1 Å². The molecule has 1 amide bonds. The summed E-state index contributed by atoms with van der Waals surface area (Å²) in [6, 6.07) is 0.313. The highest BCUT2D eigenvalue weighted by molar-refractivity contribution is 5.83. The van der Waals surface area contributed by atoms with Crippen molar-refractivity contribution in [3.63, 3.8) is 0 Å². The molecule has 3 atom stereocenters. The summed E-state index contributed by atoms with van der Waals surface area (Å²) in [5.74, 6) is 1.19. The molecular formula is C15H31N3O. The third-order valence-corrected chi connectivity index (χ3v) is 4.66. The largest absolute Gasteiger partial charge is 0.368 e. The van der Waals surface area contributed by atoms with Gasteiger partial charge in [0.25, 0.3) is 0 Å². The molecule has 1 heterocycles. The van der Waals surface area contributed by atoms with Gasteiger partial charge in [-0.2, -0.15) is 0 Å². The van der Waals surface area contributed by atoms with E-state index in [2.05, 4.69) is 25.7 Å². The minimum Gasteiger partial charge on any atom is -0.368 e. The van der Waals surface area contributed by atoms with Crippen molar-refractivity contribution in [2.45, 2.75) is 65.0 Å². The van der Waals surface area contributed by atoms with Crippen LogP contribution in [0.2, 0.25) is 0 Å². The second-order valence-corrected chi connectivity index (χ2v) is 6.81. The van der Waals surface area contributed by atoms with Gasteiger partial charge in [0, 0.05) is 6.04 Å². The van der Waals surface area contributed by atoms with Crippen LogP contribution in [-0.2, 0) is 4.79 Å². The molecule has 0 aromatic rings. The lowest BCUT2D eigenvalue weighted by molar-refractivity contribution is -0.123. The van der Waals surface area contributed by atoms with Gasteiger partial charge >= 0.3 is 0 Å². The second kappa shape index (κ2) is 6.71. The maximum atomic E-state index is 11.3. The van der Waals surface area contributed by atoms with E-state index in [1.54, 1.807) is 6.92 Å². The third kappa shape index (κ3) is 4.77. The average Bonchev–Trinajstić information content (AvgIpc) is 2.53. The molecule has 3 unspecified atom stereocenters. The lowest BCUT2D eigenvalue weighted by Gasteiger charge is -2.33. The van der Waals surface area contributed by atoms with Gasteiger partial charge in [-0.25, -0.2) is 0 Å². The molecule has 0 aromatic heterocycles. The standard InChI is InChI=1S/C15H31N3O/c1-11(2)13-6-5-8-18(9-7-13)12(3)10-15(4,17)14(16)19/h11-13H,5-10,17H2,1-4H3,(H2,16,19). The lowest BCUT2D eigenvalue weighted by Crippen LogP contribution is -2.53. The summed E-state index contributed by atoms with van der Waals surface area (Å²) in [5.41, 5.74) is 10.4. The van der Waals surface area contributed by atoms with Crippen molar-refractivity contribution in [1.29, 1.82) is 0 Å². The molecule has 0 radical (unpaired) electrons. The molecular weight excluding hydrogens is 238 g/mol. The summed E-state index contributed by atoms with van der Waals surface area (Å²) in [5, 5.41) is 0. The van der Waals surface area contributed by atoms with Crippen LogP contribution in [0.5, 0.6) is 0 Å². The molecule has 1 aliphatic heterocycles. The Morgan fingerprint density at radius 2 is 1.95 bits per heavy atom. The summed E-state index contributed by atoms with van der Waals surface area (Å²) < 4.78 is 0. The van der Waals surface area contributed by atoms with Gasteiger partial charge in [0.15, 0.2) is 0 Å². The van der Waals surface area contributed by atoms with E-state index in [4.69, 9.17) is 11.5 Å². The van der Waals surface area contributed by atoms with Crippen molar-refractivity contribution in [3.05, 3.63) is 0 Å². The van der Waals surface area contributed by atoms with Gasteiger partial charge in [0.05, 0.1) is 5.54 Å². The van der Waals surface area contributed by atoms with E-state index in [9.17, 15) is 4.79 Å². The molecule has 1 saturated heterocycles. The number of amides is 1. The second-order valence-electron chi connectivity index (χ2n) is 6.81. The van der Waals surface area contributed by atoms with Crippen LogP contribution in [0.15, 0.2) is 0 Å². The Kier molecular flexibility index (Phi) is 5.81. The Morgan fingerprint density at radius 3 is 2.47 bits per heavy atom. The smallest absolute Gasteiger partial charge is 0.237 e. The van der Waals surface area contributed by atoms with Crippen LogP contribution in [0.3, 0.4) is 0 Å². The highest BCUT2D eigenvalue weighted by Crippen LogP contribution is 2.26. The van der Waals surface area contributed by atoms with Crippen LogP contribution >= 0.6 is 0 Å². The van der Waals surface area contributed by atoms with Crippen molar-refractivity contribution in [2.24, 2.45) is 23.3 Å². The number of rotatable bonds is 5. The van der Waals surface area contributed by atoms with Gasteiger partial charge in [-0.3, -0.25) is 4.79 Å². The summed E-state index contributed by atoms with van der Waals surface area (Å²) in [7, 11) is 0. The number of carbonyl (C=O) groups excluding carboxylic acids is 1. The normalized spacial score (nSPS) is 26.7. The fourth-order valence-corrected chi connectivity index (χ4v) is 3.10. The predicted octanol–water partition coefficient (Wildman–Crippen LogP) is 1.73. The molecule has 0 saturated carbocycles. The van der Waals surface area contributed by atoms with Crippen LogP contribution < -0.4 is 11.5 Å². The molecule has 1 aliphatic rings. The molecule has 4 nitrogen and oxygen atoms in total. The number of likely N-dealkylation sites (tertiary alicyclic amines) is 1. The summed E-state index contributed by atoms with van der Waals surface area (Å²) >= 11 is 0. The zero-order valence-electron chi connectivity index (χ0n) is 13.0. The number of nitrogens with zero attached hydrogens (tertiary/aromatic N) is 1. The number of nitrogens with two attached hydrogens (primary N) is 2. The highest BCUT2D eigenvalue weighted by Gasteiger charge is 2.31. The predicted molar refractivity (Wildman–Crippen MR) is 79.6 cm³/mol. The van der Waals surface area contributed by atoms with E-state index >= 15 is 0 Å². The SMILES string of the molecule is CC(C)C1CCCN(C(C)CC(C)(N)C(N)=O)CC1. The monoisotopic (exact) mass is 269 g/mol. The van der Waals surface area contributed by atoms with Crippen molar-refractivity contribution >= 4 is 5.91 Å². The molecule has 4 heteroatoms. The zero-order valence-corrected chi connectivity index (χ0v) is 13.0. The van der Waals surface area contributed by atoms with E-state index in [-0.39, 0.29) is 0 Å². The third-order valence-electron chi connectivity index (χ3n) is 4.66. The number of carbonyl (C=O) groups is 1. The van der Waals surface area contributed by atoms with Gasteiger partial charge in [0.1, 0.15) is 0 Å². The topological polar surface area (TPSA) is 72.3 Å². The van der Waals surface area contributed by atoms with Crippen LogP contribution in [0, 0.1) is 11.8 Å². The molecule has 0 aromatic carbocycles. The van der Waals surface area contributed by atoms with Crippen LogP contribution in [0.25, 0.3) is 0 Å². The first kappa shape index (κ1) is 16.4. The van der Waals surface area contributed by atoms with E-state index in [1.807, 2.05) is 0 Å². The van der Waals surface area contributed by atoms with Gasteiger partial charge in [-0.1, -0.05) is 13.8 Å². The molecule has 19 heavy (non-hydrogen) atoms. The van der Waals surface area contributed by atoms with E-state index in [0.29, 0.717) is 12.5 Å². The molecule has 1 rings (SSSR count). The number of primary amides is 1. The number of hydrogen-bond donors (Lipinski definition) is 2. The van der Waals surface area contributed by atoms with E-state index in [1.165, 1.54) is 19.3 Å². The Balaban J connectivity index is 2.54. The van der Waals surface area contributed by atoms with Gasteiger partial charge in [0.2, 0.25) is 5.91 Å². The van der Waals surface area contributed by atoms with Crippen molar-refractivity contribution in [3.8, 4) is 0 Å². The average molecular weight is 269 g/mol. The first-order valence-corrected chi connectivity index (χ1v) is 7.57. The first-order chi connectivity index (χ1) is 8.74. The molecule has 0 spiro atoms. The summed E-state index contributed by atoms with van der Waals surface area (Å²) in [6.07, 6.45) is 4.44. The maximum Gasteiger partial charge on any atom is 0.237 e. The van der Waals surface area contributed by atoms with E-state index in [0.717, 1.165) is 24.9 Å². The van der Waals surface area contributed by atoms with Crippen molar-refractivity contribution in [1.82, 2.24) is 4.90 Å². The van der Waals surface area contributed by atoms with Crippen LogP contribution in [0.1, 0.15) is 53.4 Å². The summed E-state index contributed by atoms with van der Waals surface area (Å²) in [4.78, 5) is 13.8. The fraction of sp³-hybridized carbons (Fsp3) is 0.933. The van der Waals surface area contributed by atoms with Gasteiger partial charge < -0.3 is 16.4 Å². The van der Waals surface area contributed by atoms with Crippen LogP contribution in [0.4, 0.5) is 0 Å². The van der Waals surface area contributed by atoms with Gasteiger partial charge in [-0.15, -0.1) is 0 Å². The zero-order chi connectivity index (χ0) is 14.6.